The Hall–Kier alpha value is -0.730. The number of amides is 1. The number of carbonyl (C=O) groups is 1. The predicted octanol–water partition coefficient (Wildman–Crippen LogP) is 3.01. The maximum Gasteiger partial charge on any atom is 0.407 e. The summed E-state index contributed by atoms with van der Waals surface area (Å²) < 4.78 is 5.01. The highest BCUT2D eigenvalue weighted by Gasteiger charge is 2.16. The summed E-state index contributed by atoms with van der Waals surface area (Å²) in [6.07, 6.45) is 7.49. The number of ether oxygens (including phenoxy) is 1. The van der Waals surface area contributed by atoms with Crippen LogP contribution < -0.4 is 5.32 Å². The van der Waals surface area contributed by atoms with E-state index < -0.39 is 0 Å². The molecule has 14 heavy (non-hydrogen) atoms. The van der Waals surface area contributed by atoms with Crippen LogP contribution in [0.4, 0.5) is 4.79 Å². The molecule has 0 aromatic carbocycles. The van der Waals surface area contributed by atoms with E-state index in [1.54, 1.807) is 0 Å². The monoisotopic (exact) mass is 198 g/mol. The van der Waals surface area contributed by atoms with Crippen LogP contribution in [0, 0.1) is 6.04 Å². The van der Waals surface area contributed by atoms with Crippen molar-refractivity contribution in [2.24, 2.45) is 0 Å². The maximum atomic E-state index is 11.2. The van der Waals surface area contributed by atoms with Crippen molar-refractivity contribution >= 4 is 6.09 Å². The third-order valence-electron chi connectivity index (χ3n) is 2.47. The lowest BCUT2D eigenvalue weighted by molar-refractivity contribution is 0.143. The van der Waals surface area contributed by atoms with Crippen LogP contribution in [0.15, 0.2) is 0 Å². The minimum Gasteiger partial charge on any atom is -0.450 e. The Bertz CT molecular complexity index is 165. The molecule has 1 N–H and O–H groups in total. The molecule has 0 heterocycles. The summed E-state index contributed by atoms with van der Waals surface area (Å²) in [5.41, 5.74) is 0. The molecule has 0 aromatic rings. The zero-order valence-electron chi connectivity index (χ0n) is 8.97. The summed E-state index contributed by atoms with van der Waals surface area (Å²) in [5, 5.41) is 2.83. The molecule has 1 amide bonds. The maximum absolute atomic E-state index is 11.2. The zero-order valence-corrected chi connectivity index (χ0v) is 8.97. The molecule has 81 valence electrons. The van der Waals surface area contributed by atoms with Gasteiger partial charge in [-0.15, -0.1) is 0 Å². The van der Waals surface area contributed by atoms with Crippen molar-refractivity contribution in [2.45, 2.75) is 51.9 Å². The Labute approximate surface area is 86.2 Å². The summed E-state index contributed by atoms with van der Waals surface area (Å²) in [6.45, 7) is 2.62. The smallest absolute Gasteiger partial charge is 0.407 e. The first-order valence-electron chi connectivity index (χ1n) is 5.61. The highest BCUT2D eigenvalue weighted by atomic mass is 16.5. The Morgan fingerprint density at radius 3 is 2.71 bits per heavy atom. The van der Waals surface area contributed by atoms with Gasteiger partial charge in [-0.2, -0.15) is 0 Å². The van der Waals surface area contributed by atoms with E-state index in [9.17, 15) is 4.79 Å². The van der Waals surface area contributed by atoms with E-state index in [1.165, 1.54) is 19.3 Å². The van der Waals surface area contributed by atoms with Gasteiger partial charge in [0.1, 0.15) is 0 Å². The summed E-state index contributed by atoms with van der Waals surface area (Å²) >= 11 is 0. The first kappa shape index (κ1) is 11.3. The van der Waals surface area contributed by atoms with Crippen LogP contribution in [0.5, 0.6) is 0 Å². The van der Waals surface area contributed by atoms with Crippen molar-refractivity contribution < 1.29 is 9.53 Å². The van der Waals surface area contributed by atoms with Crippen molar-refractivity contribution in [2.75, 3.05) is 6.61 Å². The second kappa shape index (κ2) is 6.68. The molecule has 1 aliphatic rings. The van der Waals surface area contributed by atoms with Gasteiger partial charge < -0.3 is 10.1 Å². The van der Waals surface area contributed by atoms with E-state index in [1.807, 2.05) is 0 Å². The summed E-state index contributed by atoms with van der Waals surface area (Å²) in [6, 6.07) is 1.15. The summed E-state index contributed by atoms with van der Waals surface area (Å²) in [4.78, 5) is 11.2. The van der Waals surface area contributed by atoms with Crippen molar-refractivity contribution in [1.29, 1.82) is 0 Å². The molecule has 0 aliphatic heterocycles. The van der Waals surface area contributed by atoms with Crippen molar-refractivity contribution in [3.05, 3.63) is 6.04 Å². The van der Waals surface area contributed by atoms with E-state index in [2.05, 4.69) is 12.2 Å². The number of hydrogen-bond acceptors (Lipinski definition) is 2. The molecule has 0 unspecified atom stereocenters. The van der Waals surface area contributed by atoms with E-state index in [-0.39, 0.29) is 6.09 Å². The zero-order chi connectivity index (χ0) is 10.2. The van der Waals surface area contributed by atoms with Gasteiger partial charge in [0, 0.05) is 0 Å². The third kappa shape index (κ3) is 4.49. The minimum absolute atomic E-state index is 0.268. The van der Waals surface area contributed by atoms with Gasteiger partial charge in [0.25, 0.3) is 0 Å². The summed E-state index contributed by atoms with van der Waals surface area (Å²) in [5.74, 6) is 0. The van der Waals surface area contributed by atoms with Crippen LogP contribution in [0.2, 0.25) is 0 Å². The molecular formula is C11H20NO2. The van der Waals surface area contributed by atoms with Crippen molar-refractivity contribution in [3.63, 3.8) is 0 Å². The van der Waals surface area contributed by atoms with Crippen LogP contribution in [-0.4, -0.2) is 12.7 Å². The van der Waals surface area contributed by atoms with Gasteiger partial charge in [-0.25, -0.2) is 4.79 Å². The van der Waals surface area contributed by atoms with Gasteiger partial charge in [-0.3, -0.25) is 0 Å². The topological polar surface area (TPSA) is 38.3 Å². The second-order valence-corrected chi connectivity index (χ2v) is 3.78. The molecule has 1 saturated carbocycles. The van der Waals surface area contributed by atoms with E-state index in [0.717, 1.165) is 31.7 Å². The lowest BCUT2D eigenvalue weighted by Gasteiger charge is -2.21. The van der Waals surface area contributed by atoms with Gasteiger partial charge in [0.15, 0.2) is 0 Å². The molecule has 1 rings (SSSR count). The van der Waals surface area contributed by atoms with Crippen LogP contribution >= 0.6 is 0 Å². The standard InChI is InChI=1S/C11H20NO2/c1-2-3-9-14-11(13)12-10-7-5-4-6-8-10/h2-9H2,1H3,(H,12,13). The fourth-order valence-corrected chi connectivity index (χ4v) is 1.59. The van der Waals surface area contributed by atoms with Crippen molar-refractivity contribution in [1.82, 2.24) is 5.32 Å². The minimum atomic E-state index is -0.268. The van der Waals surface area contributed by atoms with Gasteiger partial charge in [0.2, 0.25) is 0 Å². The Kier molecular flexibility index (Phi) is 5.42. The van der Waals surface area contributed by atoms with Crippen LogP contribution in [0.1, 0.15) is 51.9 Å². The lowest BCUT2D eigenvalue weighted by atomic mass is 9.96. The number of hydrogen-bond donors (Lipinski definition) is 1. The number of alkyl carbamates (subject to hydrolysis) is 1. The molecule has 0 aromatic heterocycles. The molecule has 0 spiro atoms. The summed E-state index contributed by atoms with van der Waals surface area (Å²) in [7, 11) is 0. The number of rotatable bonds is 4. The molecule has 1 fully saturated rings. The Morgan fingerprint density at radius 1 is 1.36 bits per heavy atom. The largest absolute Gasteiger partial charge is 0.450 e. The first-order chi connectivity index (χ1) is 6.83. The second-order valence-electron chi connectivity index (χ2n) is 3.78. The molecule has 0 bridgehead atoms. The highest BCUT2D eigenvalue weighted by molar-refractivity contribution is 5.68. The van der Waals surface area contributed by atoms with E-state index in [4.69, 9.17) is 4.74 Å². The Morgan fingerprint density at radius 2 is 2.07 bits per heavy atom. The quantitative estimate of drug-likeness (QED) is 0.705. The van der Waals surface area contributed by atoms with Crippen LogP contribution in [0.25, 0.3) is 0 Å². The van der Waals surface area contributed by atoms with E-state index in [0.29, 0.717) is 6.61 Å². The molecule has 1 radical (unpaired) electrons. The van der Waals surface area contributed by atoms with E-state index >= 15 is 0 Å². The molecule has 3 heteroatoms. The van der Waals surface area contributed by atoms with Crippen LogP contribution in [0.3, 0.4) is 0 Å². The molecular weight excluding hydrogens is 178 g/mol. The highest BCUT2D eigenvalue weighted by Crippen LogP contribution is 2.22. The molecule has 0 saturated heterocycles. The lowest BCUT2D eigenvalue weighted by Crippen LogP contribution is -2.30. The fraction of sp³-hybridized carbons (Fsp3) is 0.818. The normalized spacial score (nSPS) is 17.8. The number of carbonyl (C=O) groups excluding carboxylic acids is 1. The SMILES string of the molecule is CCCCOC(=O)N[C]1CCCCC1. The molecule has 1 aliphatic carbocycles. The predicted molar refractivity (Wildman–Crippen MR) is 55.7 cm³/mol. The number of unbranched alkanes of at least 4 members (excludes halogenated alkanes) is 1. The average molecular weight is 198 g/mol. The molecule has 0 atom stereocenters. The fourth-order valence-electron chi connectivity index (χ4n) is 1.59. The van der Waals surface area contributed by atoms with Gasteiger partial charge >= 0.3 is 6.09 Å². The average Bonchev–Trinajstić information content (AvgIpc) is 2.20. The first-order valence-corrected chi connectivity index (χ1v) is 5.61. The third-order valence-corrected chi connectivity index (χ3v) is 2.47. The number of nitrogens with one attached hydrogen (secondary N) is 1. The van der Waals surface area contributed by atoms with Crippen molar-refractivity contribution in [3.8, 4) is 0 Å². The molecule has 3 nitrogen and oxygen atoms in total. The van der Waals surface area contributed by atoms with Crippen LogP contribution in [-0.2, 0) is 4.74 Å². The van der Waals surface area contributed by atoms with Gasteiger partial charge in [-0.1, -0.05) is 32.6 Å². The van der Waals surface area contributed by atoms with Gasteiger partial charge in [-0.05, 0) is 19.3 Å². The van der Waals surface area contributed by atoms with Gasteiger partial charge in [0.05, 0.1) is 12.6 Å². The Balaban J connectivity index is 2.06.